The topological polar surface area (TPSA) is 92.1 Å². The average Bonchev–Trinajstić information content (AvgIpc) is 3.30. The molecule has 0 atom stereocenters. The summed E-state index contributed by atoms with van der Waals surface area (Å²) in [5.41, 5.74) is 1.61. The summed E-state index contributed by atoms with van der Waals surface area (Å²) >= 11 is 0. The predicted molar refractivity (Wildman–Crippen MR) is 124 cm³/mol. The third-order valence-electron chi connectivity index (χ3n) is 5.56. The minimum absolute atomic E-state index is 0.00128. The van der Waals surface area contributed by atoms with E-state index in [1.165, 1.54) is 18.9 Å². The second-order valence-corrected chi connectivity index (χ2v) is 7.63. The van der Waals surface area contributed by atoms with Crippen LogP contribution < -0.4 is 4.74 Å². The molecule has 0 spiro atoms. The van der Waals surface area contributed by atoms with Crippen LogP contribution in [0.1, 0.15) is 20.8 Å². The number of carbonyl (C=O) groups excluding carboxylic acids is 2. The number of para-hydroxylation sites is 1. The molecule has 9 heteroatoms. The van der Waals surface area contributed by atoms with Gasteiger partial charge in [-0.05, 0) is 36.4 Å². The fourth-order valence-corrected chi connectivity index (χ4v) is 3.78. The Balaban J connectivity index is 1.63. The van der Waals surface area contributed by atoms with E-state index in [9.17, 15) is 9.59 Å². The van der Waals surface area contributed by atoms with Crippen LogP contribution in [0.4, 0.5) is 0 Å². The standard InChI is InChI=1S/C25H27N3O6/c1-31-24(29)21-22(26-28(23(21)25(30)32-2)19-6-4-3-5-7-19)18-8-10-20(11-9-18)34-17-14-27-12-15-33-16-13-27/h3-11H,12-17H2,1-2H3. The summed E-state index contributed by atoms with van der Waals surface area (Å²) in [6.07, 6.45) is 0. The van der Waals surface area contributed by atoms with Crippen molar-refractivity contribution in [3.63, 3.8) is 0 Å². The monoisotopic (exact) mass is 465 g/mol. The SMILES string of the molecule is COC(=O)c1c(-c2ccc(OCCN3CCOCC3)cc2)nn(-c2ccccc2)c1C(=O)OC. The highest BCUT2D eigenvalue weighted by Crippen LogP contribution is 2.30. The molecule has 0 bridgehead atoms. The van der Waals surface area contributed by atoms with E-state index in [2.05, 4.69) is 10.00 Å². The summed E-state index contributed by atoms with van der Waals surface area (Å²) in [4.78, 5) is 27.7. The number of benzene rings is 2. The van der Waals surface area contributed by atoms with Crippen LogP contribution >= 0.6 is 0 Å². The molecule has 0 saturated carbocycles. The summed E-state index contributed by atoms with van der Waals surface area (Å²) in [7, 11) is 2.52. The van der Waals surface area contributed by atoms with Crippen molar-refractivity contribution in [3.05, 3.63) is 65.9 Å². The molecule has 4 rings (SSSR count). The summed E-state index contributed by atoms with van der Waals surface area (Å²) in [6.45, 7) is 4.70. The molecule has 9 nitrogen and oxygen atoms in total. The Hall–Kier alpha value is -3.69. The first kappa shape index (κ1) is 23.5. The third-order valence-corrected chi connectivity index (χ3v) is 5.56. The first-order chi connectivity index (χ1) is 16.6. The van der Waals surface area contributed by atoms with Crippen molar-refractivity contribution in [3.8, 4) is 22.7 Å². The molecule has 1 aliphatic heterocycles. The quantitative estimate of drug-likeness (QED) is 0.469. The molecular weight excluding hydrogens is 438 g/mol. The number of hydrogen-bond donors (Lipinski definition) is 0. The third kappa shape index (κ3) is 5.11. The second kappa shape index (κ2) is 11.0. The lowest BCUT2D eigenvalue weighted by Crippen LogP contribution is -2.38. The summed E-state index contributed by atoms with van der Waals surface area (Å²) in [5, 5.41) is 4.60. The van der Waals surface area contributed by atoms with Crippen molar-refractivity contribution in [2.24, 2.45) is 0 Å². The number of nitrogens with zero attached hydrogens (tertiary/aromatic N) is 3. The lowest BCUT2D eigenvalue weighted by Gasteiger charge is -2.26. The van der Waals surface area contributed by atoms with Crippen LogP contribution in [0, 0.1) is 0 Å². The number of ether oxygens (including phenoxy) is 4. The number of morpholine rings is 1. The zero-order valence-electron chi connectivity index (χ0n) is 19.2. The largest absolute Gasteiger partial charge is 0.492 e. The molecule has 1 aromatic heterocycles. The van der Waals surface area contributed by atoms with Crippen molar-refractivity contribution in [2.75, 3.05) is 53.7 Å². The number of methoxy groups -OCH3 is 2. The van der Waals surface area contributed by atoms with Crippen LogP contribution in [-0.4, -0.2) is 80.3 Å². The maximum absolute atomic E-state index is 12.7. The Morgan fingerprint density at radius 1 is 0.941 bits per heavy atom. The van der Waals surface area contributed by atoms with Crippen molar-refractivity contribution in [1.29, 1.82) is 0 Å². The van der Waals surface area contributed by atoms with Gasteiger partial charge >= 0.3 is 11.9 Å². The minimum atomic E-state index is -0.689. The number of hydrogen-bond acceptors (Lipinski definition) is 8. The van der Waals surface area contributed by atoms with E-state index >= 15 is 0 Å². The van der Waals surface area contributed by atoms with E-state index in [0.717, 1.165) is 32.8 Å². The normalized spacial score (nSPS) is 13.9. The van der Waals surface area contributed by atoms with Gasteiger partial charge in [-0.15, -0.1) is 0 Å². The van der Waals surface area contributed by atoms with Gasteiger partial charge in [-0.1, -0.05) is 18.2 Å². The molecule has 2 heterocycles. The van der Waals surface area contributed by atoms with Crippen LogP contribution in [0.2, 0.25) is 0 Å². The van der Waals surface area contributed by atoms with Crippen molar-refractivity contribution >= 4 is 11.9 Å². The van der Waals surface area contributed by atoms with Gasteiger partial charge in [-0.2, -0.15) is 5.10 Å². The van der Waals surface area contributed by atoms with E-state index in [1.54, 1.807) is 24.3 Å². The Morgan fingerprint density at radius 3 is 2.26 bits per heavy atom. The molecule has 178 valence electrons. The lowest BCUT2D eigenvalue weighted by atomic mass is 10.1. The molecule has 3 aromatic rings. The van der Waals surface area contributed by atoms with Crippen LogP contribution in [0.5, 0.6) is 5.75 Å². The highest BCUT2D eigenvalue weighted by atomic mass is 16.5. The summed E-state index contributed by atoms with van der Waals surface area (Å²) in [5.74, 6) is -0.665. The second-order valence-electron chi connectivity index (χ2n) is 7.63. The smallest absolute Gasteiger partial charge is 0.357 e. The van der Waals surface area contributed by atoms with Gasteiger partial charge in [0.2, 0.25) is 0 Å². The molecule has 0 amide bonds. The molecule has 34 heavy (non-hydrogen) atoms. The zero-order chi connectivity index (χ0) is 23.9. The minimum Gasteiger partial charge on any atom is -0.492 e. The first-order valence-electron chi connectivity index (χ1n) is 11.0. The highest BCUT2D eigenvalue weighted by Gasteiger charge is 2.31. The Bertz CT molecular complexity index is 1120. The van der Waals surface area contributed by atoms with Gasteiger partial charge in [0.25, 0.3) is 0 Å². The number of carbonyl (C=O) groups is 2. The first-order valence-corrected chi connectivity index (χ1v) is 11.0. The molecule has 0 aliphatic carbocycles. The molecular formula is C25H27N3O6. The average molecular weight is 466 g/mol. The van der Waals surface area contributed by atoms with Gasteiger partial charge in [0.15, 0.2) is 5.69 Å². The molecule has 1 fully saturated rings. The van der Waals surface area contributed by atoms with Gasteiger partial charge in [-0.3, -0.25) is 4.90 Å². The number of rotatable bonds is 8. The molecule has 1 saturated heterocycles. The maximum atomic E-state index is 12.7. The van der Waals surface area contributed by atoms with Crippen molar-refractivity contribution in [1.82, 2.24) is 14.7 Å². The zero-order valence-corrected chi connectivity index (χ0v) is 19.2. The maximum Gasteiger partial charge on any atom is 0.357 e. The Morgan fingerprint density at radius 2 is 1.62 bits per heavy atom. The Labute approximate surface area is 197 Å². The van der Waals surface area contributed by atoms with E-state index in [0.29, 0.717) is 29.3 Å². The van der Waals surface area contributed by atoms with E-state index in [-0.39, 0.29) is 11.3 Å². The summed E-state index contributed by atoms with van der Waals surface area (Å²) in [6, 6.07) is 16.3. The van der Waals surface area contributed by atoms with Gasteiger partial charge < -0.3 is 18.9 Å². The van der Waals surface area contributed by atoms with Gasteiger partial charge in [0.1, 0.15) is 23.6 Å². The van der Waals surface area contributed by atoms with Gasteiger partial charge in [-0.25, -0.2) is 14.3 Å². The van der Waals surface area contributed by atoms with Crippen LogP contribution in [0.15, 0.2) is 54.6 Å². The van der Waals surface area contributed by atoms with Gasteiger partial charge in [0, 0.05) is 25.2 Å². The lowest BCUT2D eigenvalue weighted by molar-refractivity contribution is 0.0322. The molecule has 0 unspecified atom stereocenters. The van der Waals surface area contributed by atoms with Crippen molar-refractivity contribution in [2.45, 2.75) is 0 Å². The fourth-order valence-electron chi connectivity index (χ4n) is 3.78. The summed E-state index contributed by atoms with van der Waals surface area (Å²) < 4.78 is 22.6. The van der Waals surface area contributed by atoms with E-state index in [4.69, 9.17) is 18.9 Å². The van der Waals surface area contributed by atoms with Crippen molar-refractivity contribution < 1.29 is 28.5 Å². The fraction of sp³-hybridized carbons (Fsp3) is 0.320. The van der Waals surface area contributed by atoms with Crippen LogP contribution in [0.25, 0.3) is 16.9 Å². The van der Waals surface area contributed by atoms with E-state index < -0.39 is 11.9 Å². The van der Waals surface area contributed by atoms with Gasteiger partial charge in [0.05, 0.1) is 33.1 Å². The number of aromatic nitrogens is 2. The van der Waals surface area contributed by atoms with Crippen LogP contribution in [0.3, 0.4) is 0 Å². The molecule has 1 aliphatic rings. The van der Waals surface area contributed by atoms with E-state index in [1.807, 2.05) is 30.3 Å². The number of esters is 2. The predicted octanol–water partition coefficient (Wildman–Crippen LogP) is 2.82. The molecule has 2 aromatic carbocycles. The van der Waals surface area contributed by atoms with Crippen LogP contribution in [-0.2, 0) is 14.2 Å². The Kier molecular flexibility index (Phi) is 7.56. The molecule has 0 radical (unpaired) electrons. The molecule has 0 N–H and O–H groups in total. The highest BCUT2D eigenvalue weighted by molar-refractivity contribution is 6.06.